The Balaban J connectivity index is 1.14. The Hall–Kier alpha value is -5.86. The molecular weight excluding hydrogens is 607 g/mol. The number of carbonyl (C=O) groups is 3. The lowest BCUT2D eigenvalue weighted by molar-refractivity contribution is -0.115. The molecule has 6 rings (SSSR count). The third-order valence-electron chi connectivity index (χ3n) is 7.34. The summed E-state index contributed by atoms with van der Waals surface area (Å²) in [5.74, 6) is -0.00969. The number of furan rings is 1. The van der Waals surface area contributed by atoms with Gasteiger partial charge in [-0.15, -0.1) is 11.8 Å². The van der Waals surface area contributed by atoms with Gasteiger partial charge in [0.25, 0.3) is 11.8 Å². The van der Waals surface area contributed by atoms with Gasteiger partial charge in [0.2, 0.25) is 5.91 Å². The van der Waals surface area contributed by atoms with E-state index in [0.717, 1.165) is 26.9 Å². The van der Waals surface area contributed by atoms with Crippen molar-refractivity contribution in [2.45, 2.75) is 17.1 Å². The highest BCUT2D eigenvalue weighted by molar-refractivity contribution is 8.00. The van der Waals surface area contributed by atoms with Gasteiger partial charge in [-0.05, 0) is 66.9 Å². The number of thioether (sulfide) groups is 1. The van der Waals surface area contributed by atoms with Gasteiger partial charge in [0.15, 0.2) is 0 Å². The minimum absolute atomic E-state index is 0.0185. The zero-order chi connectivity index (χ0) is 32.6. The summed E-state index contributed by atoms with van der Waals surface area (Å²) in [6.07, 6.45) is 1.50. The summed E-state index contributed by atoms with van der Waals surface area (Å²) >= 11 is 1.41. The molecule has 0 saturated heterocycles. The fourth-order valence-electron chi connectivity index (χ4n) is 4.91. The minimum atomic E-state index is -0.518. The molecule has 5 aromatic carbocycles. The Bertz CT molecular complexity index is 2050. The Morgan fingerprint density at radius 2 is 1.38 bits per heavy atom. The minimum Gasteiger partial charge on any atom is -0.457 e. The third-order valence-corrected chi connectivity index (χ3v) is 8.45. The zero-order valence-electron chi connectivity index (χ0n) is 25.5. The van der Waals surface area contributed by atoms with E-state index in [1.165, 1.54) is 17.8 Å². The molecule has 0 aliphatic rings. The predicted molar refractivity (Wildman–Crippen MR) is 189 cm³/mol. The largest absolute Gasteiger partial charge is 0.457 e. The Labute approximate surface area is 276 Å². The van der Waals surface area contributed by atoms with Crippen LogP contribution in [0, 0.1) is 0 Å². The van der Waals surface area contributed by atoms with Gasteiger partial charge in [0.1, 0.15) is 17.2 Å². The Morgan fingerprint density at radius 1 is 0.702 bits per heavy atom. The molecule has 0 aliphatic carbocycles. The van der Waals surface area contributed by atoms with E-state index in [0.29, 0.717) is 22.8 Å². The molecule has 47 heavy (non-hydrogen) atoms. The summed E-state index contributed by atoms with van der Waals surface area (Å²) in [5, 5.41) is 10.3. The van der Waals surface area contributed by atoms with E-state index >= 15 is 0 Å². The highest BCUT2D eigenvalue weighted by Gasteiger charge is 2.18. The molecule has 0 bridgehead atoms. The van der Waals surface area contributed by atoms with E-state index in [1.807, 2.05) is 104 Å². The van der Waals surface area contributed by atoms with E-state index in [1.54, 1.807) is 42.5 Å². The maximum absolute atomic E-state index is 13.5. The topological polar surface area (TPSA) is 100 Å². The van der Waals surface area contributed by atoms with Crippen molar-refractivity contribution in [3.05, 3.63) is 157 Å². The molecule has 0 unspecified atom stereocenters. The first-order valence-corrected chi connectivity index (χ1v) is 15.9. The summed E-state index contributed by atoms with van der Waals surface area (Å²) in [5.41, 5.74) is 2.62. The molecule has 0 aliphatic heterocycles. The van der Waals surface area contributed by atoms with Crippen LogP contribution in [0.3, 0.4) is 0 Å². The zero-order valence-corrected chi connectivity index (χ0v) is 26.3. The Morgan fingerprint density at radius 3 is 2.15 bits per heavy atom. The lowest BCUT2D eigenvalue weighted by Crippen LogP contribution is -2.30. The standard InChI is InChI=1S/C39H31N3O4S/c1-26(37(43)41-34-18-10-16-27-11-8-9-17-33(27)34)47-32-22-19-30(20-23-32)40-39(45)35(42-38(44)29-14-6-3-7-15-29)25-31-21-24-36(46-31)28-12-4-2-5-13-28/h2-26H,1H3,(H,40,45)(H,41,43)(H,42,44)/b35-25-/t26-/m0/s1. The van der Waals surface area contributed by atoms with E-state index in [-0.39, 0.29) is 16.9 Å². The van der Waals surface area contributed by atoms with Gasteiger partial charge in [-0.2, -0.15) is 0 Å². The number of benzene rings is 5. The molecule has 0 spiro atoms. The summed E-state index contributed by atoms with van der Waals surface area (Å²) in [6.45, 7) is 1.85. The lowest BCUT2D eigenvalue weighted by atomic mass is 10.1. The van der Waals surface area contributed by atoms with Gasteiger partial charge in [-0.25, -0.2) is 0 Å². The fourth-order valence-corrected chi connectivity index (χ4v) is 5.78. The van der Waals surface area contributed by atoms with Crippen LogP contribution in [0.25, 0.3) is 28.2 Å². The fraction of sp³-hybridized carbons (Fsp3) is 0.0513. The maximum Gasteiger partial charge on any atom is 0.272 e. The normalized spacial score (nSPS) is 11.9. The molecule has 3 N–H and O–H groups in total. The Kier molecular flexibility index (Phi) is 9.60. The molecule has 7 nitrogen and oxygen atoms in total. The van der Waals surface area contributed by atoms with Crippen LogP contribution >= 0.6 is 11.8 Å². The number of amides is 3. The van der Waals surface area contributed by atoms with Crippen molar-refractivity contribution in [2.75, 3.05) is 10.6 Å². The van der Waals surface area contributed by atoms with Crippen LogP contribution in [-0.4, -0.2) is 23.0 Å². The van der Waals surface area contributed by atoms with Gasteiger partial charge in [0, 0.05) is 38.9 Å². The van der Waals surface area contributed by atoms with E-state index in [2.05, 4.69) is 16.0 Å². The number of anilines is 2. The van der Waals surface area contributed by atoms with Crippen molar-refractivity contribution in [2.24, 2.45) is 0 Å². The van der Waals surface area contributed by atoms with Crippen LogP contribution in [0.1, 0.15) is 23.0 Å². The van der Waals surface area contributed by atoms with Crippen molar-refractivity contribution in [1.29, 1.82) is 0 Å². The van der Waals surface area contributed by atoms with Crippen molar-refractivity contribution >= 4 is 57.7 Å². The molecule has 0 saturated carbocycles. The van der Waals surface area contributed by atoms with Gasteiger partial charge in [-0.3, -0.25) is 14.4 Å². The molecule has 1 heterocycles. The second kappa shape index (κ2) is 14.5. The van der Waals surface area contributed by atoms with Gasteiger partial charge in [-0.1, -0.05) is 84.9 Å². The number of hydrogen-bond donors (Lipinski definition) is 3. The van der Waals surface area contributed by atoms with Crippen molar-refractivity contribution in [3.63, 3.8) is 0 Å². The van der Waals surface area contributed by atoms with Crippen LogP contribution in [0.2, 0.25) is 0 Å². The summed E-state index contributed by atoms with van der Waals surface area (Å²) < 4.78 is 5.98. The smallest absolute Gasteiger partial charge is 0.272 e. The van der Waals surface area contributed by atoms with Crippen molar-refractivity contribution in [3.8, 4) is 11.3 Å². The highest BCUT2D eigenvalue weighted by atomic mass is 32.2. The molecule has 6 aromatic rings. The third kappa shape index (κ3) is 7.87. The number of nitrogens with one attached hydrogen (secondary N) is 3. The summed E-state index contributed by atoms with van der Waals surface area (Å²) in [7, 11) is 0. The molecule has 232 valence electrons. The maximum atomic E-state index is 13.5. The molecule has 0 fully saturated rings. The first-order chi connectivity index (χ1) is 22.9. The second-order valence-corrected chi connectivity index (χ2v) is 12.1. The number of hydrogen-bond acceptors (Lipinski definition) is 5. The highest BCUT2D eigenvalue weighted by Crippen LogP contribution is 2.28. The number of fused-ring (bicyclic) bond motifs is 1. The lowest BCUT2D eigenvalue weighted by Gasteiger charge is -2.14. The quantitative estimate of drug-likeness (QED) is 0.103. The first kappa shape index (κ1) is 31.1. The second-order valence-electron chi connectivity index (χ2n) is 10.7. The van der Waals surface area contributed by atoms with E-state index in [9.17, 15) is 14.4 Å². The summed E-state index contributed by atoms with van der Waals surface area (Å²) in [4.78, 5) is 40.4. The molecule has 1 atom stereocenters. The molecule has 3 amide bonds. The van der Waals surface area contributed by atoms with Crippen molar-refractivity contribution < 1.29 is 18.8 Å². The molecule has 0 radical (unpaired) electrons. The van der Waals surface area contributed by atoms with Crippen LogP contribution in [-0.2, 0) is 9.59 Å². The number of rotatable bonds is 10. The predicted octanol–water partition coefficient (Wildman–Crippen LogP) is 8.63. The van der Waals surface area contributed by atoms with E-state index < -0.39 is 11.8 Å². The average molecular weight is 638 g/mol. The molecule has 8 heteroatoms. The van der Waals surface area contributed by atoms with Crippen LogP contribution < -0.4 is 16.0 Å². The van der Waals surface area contributed by atoms with Crippen LogP contribution in [0.15, 0.2) is 155 Å². The van der Waals surface area contributed by atoms with Crippen LogP contribution in [0.4, 0.5) is 11.4 Å². The SMILES string of the molecule is C[C@H](Sc1ccc(NC(=O)/C(=C/c2ccc(-c3ccccc3)o2)NC(=O)c2ccccc2)cc1)C(=O)Nc1cccc2ccccc12. The van der Waals surface area contributed by atoms with Crippen LogP contribution in [0.5, 0.6) is 0 Å². The monoisotopic (exact) mass is 637 g/mol. The van der Waals surface area contributed by atoms with E-state index in [4.69, 9.17) is 4.42 Å². The molecule has 1 aromatic heterocycles. The van der Waals surface area contributed by atoms with Gasteiger partial charge < -0.3 is 20.4 Å². The van der Waals surface area contributed by atoms with Crippen molar-refractivity contribution in [1.82, 2.24) is 5.32 Å². The molecular formula is C39H31N3O4S. The number of carbonyl (C=O) groups excluding carboxylic acids is 3. The average Bonchev–Trinajstić information content (AvgIpc) is 3.58. The first-order valence-electron chi connectivity index (χ1n) is 15.0. The van der Waals surface area contributed by atoms with Gasteiger partial charge >= 0.3 is 0 Å². The van der Waals surface area contributed by atoms with Gasteiger partial charge in [0.05, 0.1) is 5.25 Å². The summed E-state index contributed by atoms with van der Waals surface area (Å²) in [6, 6.07) is 42.8.